The number of phenols is 1. The van der Waals surface area contributed by atoms with Crippen molar-refractivity contribution in [1.29, 1.82) is 0 Å². The van der Waals surface area contributed by atoms with Crippen molar-refractivity contribution in [3.63, 3.8) is 0 Å². The zero-order chi connectivity index (χ0) is 19.1. The number of carbonyl (C=O) groups is 2. The summed E-state index contributed by atoms with van der Waals surface area (Å²) in [4.78, 5) is 33.3. The lowest BCUT2D eigenvalue weighted by Gasteiger charge is -2.04. The summed E-state index contributed by atoms with van der Waals surface area (Å²) in [6.45, 7) is -0.301. The zero-order valence-corrected chi connectivity index (χ0v) is 13.9. The quantitative estimate of drug-likeness (QED) is 0.401. The van der Waals surface area contributed by atoms with E-state index in [9.17, 15) is 24.8 Å². The van der Waals surface area contributed by atoms with Crippen LogP contribution in [0.1, 0.15) is 15.9 Å². The molecule has 134 valence electrons. The van der Waals surface area contributed by atoms with Gasteiger partial charge >= 0.3 is 5.69 Å². The van der Waals surface area contributed by atoms with Crippen LogP contribution in [-0.4, -0.2) is 34.6 Å². The molecule has 0 aromatic heterocycles. The second kappa shape index (κ2) is 8.58. The van der Waals surface area contributed by atoms with Crippen LogP contribution in [0, 0.1) is 10.1 Å². The van der Waals surface area contributed by atoms with Crippen molar-refractivity contribution in [2.75, 3.05) is 6.54 Å². The molecule has 0 heterocycles. The van der Waals surface area contributed by atoms with Gasteiger partial charge in [0.15, 0.2) is 5.75 Å². The van der Waals surface area contributed by atoms with Crippen molar-refractivity contribution in [3.05, 3.63) is 68.7 Å². The van der Waals surface area contributed by atoms with E-state index >= 15 is 0 Å². The van der Waals surface area contributed by atoms with Gasteiger partial charge in [0.1, 0.15) is 0 Å². The molecule has 0 aliphatic rings. The molecule has 0 fully saturated rings. The molecule has 9 nitrogen and oxygen atoms in total. The van der Waals surface area contributed by atoms with Crippen molar-refractivity contribution in [2.24, 2.45) is 5.10 Å². The monoisotopic (exact) mass is 376 g/mol. The molecular weight excluding hydrogens is 364 g/mol. The second-order valence-electron chi connectivity index (χ2n) is 4.99. The minimum atomic E-state index is -0.721. The predicted molar refractivity (Wildman–Crippen MR) is 94.3 cm³/mol. The maximum atomic E-state index is 11.8. The Morgan fingerprint density at radius 2 is 1.92 bits per heavy atom. The van der Waals surface area contributed by atoms with Crippen LogP contribution in [-0.2, 0) is 4.79 Å². The highest BCUT2D eigenvalue weighted by molar-refractivity contribution is 6.30. The van der Waals surface area contributed by atoms with Gasteiger partial charge < -0.3 is 10.4 Å². The minimum Gasteiger partial charge on any atom is -0.502 e. The number of phenolic OH excluding ortho intramolecular Hbond substituents is 1. The molecule has 0 atom stereocenters. The Morgan fingerprint density at radius 1 is 1.23 bits per heavy atom. The van der Waals surface area contributed by atoms with E-state index in [0.717, 1.165) is 12.1 Å². The van der Waals surface area contributed by atoms with Gasteiger partial charge in [-0.15, -0.1) is 0 Å². The first kappa shape index (κ1) is 18.9. The highest BCUT2D eigenvalue weighted by Gasteiger charge is 2.12. The number of halogens is 1. The fourth-order valence-corrected chi connectivity index (χ4v) is 1.98. The summed E-state index contributed by atoms with van der Waals surface area (Å²) in [6.07, 6.45) is 1.20. The number of amides is 2. The third-order valence-corrected chi connectivity index (χ3v) is 3.37. The van der Waals surface area contributed by atoms with Gasteiger partial charge in [-0.05, 0) is 42.0 Å². The molecule has 2 aromatic carbocycles. The van der Waals surface area contributed by atoms with Gasteiger partial charge in [-0.1, -0.05) is 11.6 Å². The first-order valence-corrected chi connectivity index (χ1v) is 7.57. The average Bonchev–Trinajstić information content (AvgIpc) is 2.60. The van der Waals surface area contributed by atoms with E-state index < -0.39 is 28.2 Å². The van der Waals surface area contributed by atoms with E-state index in [4.69, 9.17) is 11.6 Å². The number of rotatable bonds is 6. The number of hydrazone groups is 1. The number of hydrogen-bond acceptors (Lipinski definition) is 6. The molecule has 0 aliphatic heterocycles. The first-order valence-electron chi connectivity index (χ1n) is 7.20. The van der Waals surface area contributed by atoms with Gasteiger partial charge in [0.25, 0.3) is 11.8 Å². The summed E-state index contributed by atoms with van der Waals surface area (Å²) in [7, 11) is 0. The molecule has 2 rings (SSSR count). The lowest BCUT2D eigenvalue weighted by atomic mass is 10.2. The van der Waals surface area contributed by atoms with Crippen molar-refractivity contribution in [2.45, 2.75) is 0 Å². The molecule has 0 unspecified atom stereocenters. The van der Waals surface area contributed by atoms with Gasteiger partial charge in [-0.2, -0.15) is 5.10 Å². The summed E-state index contributed by atoms with van der Waals surface area (Å²) < 4.78 is 0. The van der Waals surface area contributed by atoms with Crippen LogP contribution >= 0.6 is 11.6 Å². The summed E-state index contributed by atoms with van der Waals surface area (Å²) in [6, 6.07) is 9.77. The first-order chi connectivity index (χ1) is 12.4. The Labute approximate surface area is 152 Å². The van der Waals surface area contributed by atoms with Crippen LogP contribution in [0.5, 0.6) is 5.75 Å². The average molecular weight is 377 g/mol. The number of nitrogens with one attached hydrogen (secondary N) is 2. The highest BCUT2D eigenvalue weighted by Crippen LogP contribution is 2.25. The number of carbonyl (C=O) groups excluding carboxylic acids is 2. The maximum Gasteiger partial charge on any atom is 0.310 e. The smallest absolute Gasteiger partial charge is 0.310 e. The van der Waals surface area contributed by atoms with Crippen LogP contribution in [0.2, 0.25) is 5.02 Å². The van der Waals surface area contributed by atoms with Gasteiger partial charge in [0.2, 0.25) is 0 Å². The third kappa shape index (κ3) is 5.28. The second-order valence-corrected chi connectivity index (χ2v) is 5.42. The molecule has 0 saturated heterocycles. The molecule has 0 saturated carbocycles. The van der Waals surface area contributed by atoms with E-state index in [1.165, 1.54) is 24.4 Å². The number of nitro groups is 1. The zero-order valence-electron chi connectivity index (χ0n) is 13.2. The van der Waals surface area contributed by atoms with E-state index in [2.05, 4.69) is 15.8 Å². The lowest BCUT2D eigenvalue weighted by Crippen LogP contribution is -2.34. The Kier molecular flexibility index (Phi) is 6.23. The Bertz CT molecular complexity index is 867. The SMILES string of the molecule is O=C(CNC(=O)c1ccc(Cl)cc1)N/N=C\c1ccc([N+](=O)[O-])c(O)c1. The summed E-state index contributed by atoms with van der Waals surface area (Å²) in [5.41, 5.74) is 2.45. The summed E-state index contributed by atoms with van der Waals surface area (Å²) in [5.74, 6) is -1.53. The van der Waals surface area contributed by atoms with Gasteiger partial charge in [-0.25, -0.2) is 5.43 Å². The number of nitrogens with zero attached hydrogens (tertiary/aromatic N) is 2. The molecule has 0 bridgehead atoms. The van der Waals surface area contributed by atoms with Crippen molar-refractivity contribution < 1.29 is 19.6 Å². The van der Waals surface area contributed by atoms with Crippen LogP contribution in [0.3, 0.4) is 0 Å². The van der Waals surface area contributed by atoms with Crippen molar-refractivity contribution in [1.82, 2.24) is 10.7 Å². The molecule has 0 radical (unpaired) electrons. The molecule has 26 heavy (non-hydrogen) atoms. The number of nitro benzene ring substituents is 1. The summed E-state index contributed by atoms with van der Waals surface area (Å²) >= 11 is 5.72. The molecule has 0 spiro atoms. The van der Waals surface area contributed by atoms with Crippen molar-refractivity contribution >= 4 is 35.3 Å². The molecule has 2 aromatic rings. The van der Waals surface area contributed by atoms with Gasteiger partial charge in [-0.3, -0.25) is 19.7 Å². The molecule has 10 heteroatoms. The van der Waals surface area contributed by atoms with E-state index in [1.807, 2.05) is 0 Å². The van der Waals surface area contributed by atoms with Crippen LogP contribution < -0.4 is 10.7 Å². The van der Waals surface area contributed by atoms with Crippen LogP contribution in [0.15, 0.2) is 47.6 Å². The fourth-order valence-electron chi connectivity index (χ4n) is 1.86. The van der Waals surface area contributed by atoms with E-state index in [1.54, 1.807) is 12.1 Å². The number of hydrogen-bond donors (Lipinski definition) is 3. The lowest BCUT2D eigenvalue weighted by molar-refractivity contribution is -0.385. The molecule has 0 aliphatic carbocycles. The summed E-state index contributed by atoms with van der Waals surface area (Å²) in [5, 5.41) is 26.6. The normalized spacial score (nSPS) is 10.5. The minimum absolute atomic E-state index is 0.301. The standard InChI is InChI=1S/C16H13ClN4O5/c17-12-4-2-11(3-5-12)16(24)18-9-15(23)20-19-8-10-1-6-13(21(25)26)14(22)7-10/h1-8,22H,9H2,(H,18,24)(H,20,23)/b19-8-. The van der Waals surface area contributed by atoms with Gasteiger partial charge in [0.05, 0.1) is 17.7 Å². The van der Waals surface area contributed by atoms with Crippen LogP contribution in [0.4, 0.5) is 5.69 Å². The van der Waals surface area contributed by atoms with E-state index in [-0.39, 0.29) is 6.54 Å². The Morgan fingerprint density at radius 3 is 2.54 bits per heavy atom. The van der Waals surface area contributed by atoms with E-state index in [0.29, 0.717) is 16.1 Å². The Hall–Kier alpha value is -3.46. The predicted octanol–water partition coefficient (Wildman–Crippen LogP) is 1.83. The topological polar surface area (TPSA) is 134 Å². The molecule has 2 amide bonds. The molecule has 3 N–H and O–H groups in total. The maximum absolute atomic E-state index is 11.8. The number of aromatic hydroxyl groups is 1. The van der Waals surface area contributed by atoms with Crippen molar-refractivity contribution in [3.8, 4) is 5.75 Å². The molecular formula is C16H13ClN4O5. The number of benzene rings is 2. The fraction of sp³-hybridized carbons (Fsp3) is 0.0625. The highest BCUT2D eigenvalue weighted by atomic mass is 35.5. The van der Waals surface area contributed by atoms with Gasteiger partial charge in [0, 0.05) is 16.7 Å². The Balaban J connectivity index is 1.83. The van der Waals surface area contributed by atoms with Crippen LogP contribution in [0.25, 0.3) is 0 Å². The largest absolute Gasteiger partial charge is 0.502 e. The third-order valence-electron chi connectivity index (χ3n) is 3.11.